The standard InChI is InChI=1S/C18H20ClFN2O4S2/c1-13-2-5-16(6-3-13)28(25,26)22-10-8-15(9-11-22)21-27(23,24)18-7-4-14(19)12-17(18)20/h2-7,12,15,21H,8-11H2,1H3. The van der Waals surface area contributed by atoms with Crippen LogP contribution in [0.2, 0.25) is 5.02 Å². The summed E-state index contributed by atoms with van der Waals surface area (Å²) in [6.45, 7) is 2.22. The SMILES string of the molecule is Cc1ccc(S(=O)(=O)N2CCC(NS(=O)(=O)c3ccc(Cl)cc3F)CC2)cc1. The van der Waals surface area contributed by atoms with E-state index in [0.717, 1.165) is 17.7 Å². The predicted molar refractivity (Wildman–Crippen MR) is 105 cm³/mol. The zero-order valence-electron chi connectivity index (χ0n) is 15.1. The molecule has 152 valence electrons. The van der Waals surface area contributed by atoms with Crippen molar-refractivity contribution in [2.45, 2.75) is 35.6 Å². The maximum Gasteiger partial charge on any atom is 0.243 e. The van der Waals surface area contributed by atoms with Gasteiger partial charge in [0.15, 0.2) is 0 Å². The van der Waals surface area contributed by atoms with E-state index in [0.29, 0.717) is 12.8 Å². The number of piperidine rings is 1. The third kappa shape index (κ3) is 4.55. The molecule has 28 heavy (non-hydrogen) atoms. The van der Waals surface area contributed by atoms with E-state index >= 15 is 0 Å². The number of hydrogen-bond acceptors (Lipinski definition) is 4. The average Bonchev–Trinajstić information content (AvgIpc) is 2.62. The van der Waals surface area contributed by atoms with Gasteiger partial charge < -0.3 is 0 Å². The minimum atomic E-state index is -4.07. The molecular weight excluding hydrogens is 427 g/mol. The Morgan fingerprint density at radius 3 is 2.21 bits per heavy atom. The maximum absolute atomic E-state index is 13.9. The molecule has 0 aliphatic carbocycles. The van der Waals surface area contributed by atoms with Crippen molar-refractivity contribution < 1.29 is 21.2 Å². The summed E-state index contributed by atoms with van der Waals surface area (Å²) in [4.78, 5) is -0.271. The van der Waals surface area contributed by atoms with Crippen molar-refractivity contribution in [3.63, 3.8) is 0 Å². The Kier molecular flexibility index (Phi) is 6.11. The van der Waals surface area contributed by atoms with E-state index in [1.807, 2.05) is 6.92 Å². The van der Waals surface area contributed by atoms with Gasteiger partial charge in [0, 0.05) is 24.2 Å². The minimum Gasteiger partial charge on any atom is -0.208 e. The van der Waals surface area contributed by atoms with Crippen LogP contribution < -0.4 is 4.72 Å². The normalized spacial score (nSPS) is 17.0. The van der Waals surface area contributed by atoms with Crippen molar-refractivity contribution in [3.8, 4) is 0 Å². The summed E-state index contributed by atoms with van der Waals surface area (Å²) < 4.78 is 68.0. The summed E-state index contributed by atoms with van der Waals surface area (Å²) >= 11 is 5.66. The molecule has 1 saturated heterocycles. The summed E-state index contributed by atoms with van der Waals surface area (Å²) in [5, 5.41) is 0.103. The van der Waals surface area contributed by atoms with Crippen molar-refractivity contribution in [2.24, 2.45) is 0 Å². The van der Waals surface area contributed by atoms with Gasteiger partial charge in [-0.3, -0.25) is 0 Å². The van der Waals surface area contributed by atoms with Gasteiger partial charge in [-0.1, -0.05) is 29.3 Å². The number of rotatable bonds is 5. The van der Waals surface area contributed by atoms with Gasteiger partial charge in [0.05, 0.1) is 4.90 Å². The van der Waals surface area contributed by atoms with Crippen molar-refractivity contribution in [1.82, 2.24) is 9.03 Å². The Labute approximate surface area is 169 Å². The molecule has 0 saturated carbocycles. The van der Waals surface area contributed by atoms with E-state index in [4.69, 9.17) is 11.6 Å². The lowest BCUT2D eigenvalue weighted by molar-refractivity contribution is 0.308. The quantitative estimate of drug-likeness (QED) is 0.765. The molecule has 1 aliphatic heterocycles. The van der Waals surface area contributed by atoms with Crippen LogP contribution in [0.3, 0.4) is 0 Å². The maximum atomic E-state index is 13.9. The van der Waals surface area contributed by atoms with Gasteiger partial charge >= 0.3 is 0 Å². The van der Waals surface area contributed by atoms with Crippen LogP contribution >= 0.6 is 11.6 Å². The summed E-state index contributed by atoms with van der Waals surface area (Å²) in [5.74, 6) is -0.931. The number of sulfonamides is 2. The highest BCUT2D eigenvalue weighted by molar-refractivity contribution is 7.89. The Hall–Kier alpha value is -1.52. The molecule has 3 rings (SSSR count). The first kappa shape index (κ1) is 21.2. The number of nitrogens with one attached hydrogen (secondary N) is 1. The first-order chi connectivity index (χ1) is 13.1. The predicted octanol–water partition coefficient (Wildman–Crippen LogP) is 2.92. The molecule has 0 spiro atoms. The van der Waals surface area contributed by atoms with E-state index in [2.05, 4.69) is 4.72 Å². The first-order valence-corrected chi connectivity index (χ1v) is 11.9. The largest absolute Gasteiger partial charge is 0.243 e. The molecule has 2 aromatic rings. The second-order valence-electron chi connectivity index (χ2n) is 6.69. The Morgan fingerprint density at radius 2 is 1.64 bits per heavy atom. The van der Waals surface area contributed by atoms with Gasteiger partial charge in [-0.15, -0.1) is 0 Å². The molecular formula is C18H20ClFN2O4S2. The van der Waals surface area contributed by atoms with E-state index in [1.54, 1.807) is 24.3 Å². The molecule has 0 aromatic heterocycles. The molecule has 2 aromatic carbocycles. The fourth-order valence-electron chi connectivity index (χ4n) is 3.05. The third-order valence-electron chi connectivity index (χ3n) is 4.62. The fraction of sp³-hybridized carbons (Fsp3) is 0.333. The van der Waals surface area contributed by atoms with Crippen molar-refractivity contribution >= 4 is 31.6 Å². The van der Waals surface area contributed by atoms with Crippen LogP contribution in [0, 0.1) is 12.7 Å². The summed E-state index contributed by atoms with van der Waals surface area (Å²) in [6.07, 6.45) is 0.582. The Bertz CT molecular complexity index is 1070. The lowest BCUT2D eigenvalue weighted by Gasteiger charge is -2.31. The molecule has 1 aliphatic rings. The van der Waals surface area contributed by atoms with Crippen LogP contribution in [0.1, 0.15) is 18.4 Å². The highest BCUT2D eigenvalue weighted by atomic mass is 35.5. The topological polar surface area (TPSA) is 83.6 Å². The van der Waals surface area contributed by atoms with Crippen LogP contribution in [-0.2, 0) is 20.0 Å². The van der Waals surface area contributed by atoms with Gasteiger partial charge in [-0.25, -0.2) is 25.9 Å². The van der Waals surface area contributed by atoms with Gasteiger partial charge in [0.25, 0.3) is 0 Å². The number of halogens is 2. The van der Waals surface area contributed by atoms with Crippen LogP contribution in [0.15, 0.2) is 52.3 Å². The number of nitrogens with zero attached hydrogens (tertiary/aromatic N) is 1. The van der Waals surface area contributed by atoms with Crippen LogP contribution in [0.25, 0.3) is 0 Å². The van der Waals surface area contributed by atoms with Crippen LogP contribution in [0.5, 0.6) is 0 Å². The summed E-state index contributed by atoms with van der Waals surface area (Å²) in [7, 11) is -7.70. The fourth-order valence-corrected chi connectivity index (χ4v) is 6.04. The highest BCUT2D eigenvalue weighted by Crippen LogP contribution is 2.23. The van der Waals surface area contributed by atoms with E-state index in [-0.39, 0.29) is 23.0 Å². The van der Waals surface area contributed by atoms with Gasteiger partial charge in [-0.05, 0) is 50.1 Å². The van der Waals surface area contributed by atoms with Gasteiger partial charge in [-0.2, -0.15) is 4.31 Å². The monoisotopic (exact) mass is 446 g/mol. The van der Waals surface area contributed by atoms with E-state index in [1.165, 1.54) is 10.4 Å². The van der Waals surface area contributed by atoms with Gasteiger partial charge in [0.2, 0.25) is 20.0 Å². The molecule has 0 atom stereocenters. The first-order valence-electron chi connectivity index (χ1n) is 8.64. The molecule has 1 fully saturated rings. The number of aryl methyl sites for hydroxylation is 1. The van der Waals surface area contributed by atoms with Crippen LogP contribution in [-0.4, -0.2) is 40.3 Å². The van der Waals surface area contributed by atoms with Crippen molar-refractivity contribution in [3.05, 3.63) is 58.9 Å². The molecule has 10 heteroatoms. The minimum absolute atomic E-state index is 0.103. The summed E-state index contributed by atoms with van der Waals surface area (Å²) in [5.41, 5.74) is 0.960. The third-order valence-corrected chi connectivity index (χ3v) is 8.32. The van der Waals surface area contributed by atoms with Crippen LogP contribution in [0.4, 0.5) is 4.39 Å². The Balaban J connectivity index is 1.67. The summed E-state index contributed by atoms with van der Waals surface area (Å²) in [6, 6.07) is 9.44. The smallest absolute Gasteiger partial charge is 0.208 e. The van der Waals surface area contributed by atoms with E-state index in [9.17, 15) is 21.2 Å². The molecule has 1 heterocycles. The highest BCUT2D eigenvalue weighted by Gasteiger charge is 2.32. The zero-order chi connectivity index (χ0) is 20.5. The molecule has 6 nitrogen and oxygen atoms in total. The van der Waals surface area contributed by atoms with Gasteiger partial charge in [0.1, 0.15) is 10.7 Å². The molecule has 0 bridgehead atoms. The molecule has 0 radical (unpaired) electrons. The zero-order valence-corrected chi connectivity index (χ0v) is 17.5. The Morgan fingerprint density at radius 1 is 1.04 bits per heavy atom. The van der Waals surface area contributed by atoms with Crippen molar-refractivity contribution in [2.75, 3.05) is 13.1 Å². The molecule has 0 unspecified atom stereocenters. The lowest BCUT2D eigenvalue weighted by Crippen LogP contribution is -2.46. The molecule has 1 N–H and O–H groups in total. The number of hydrogen-bond donors (Lipinski definition) is 1. The molecule has 0 amide bonds. The second kappa shape index (κ2) is 8.08. The average molecular weight is 447 g/mol. The number of benzene rings is 2. The van der Waals surface area contributed by atoms with E-state index < -0.39 is 36.8 Å². The lowest BCUT2D eigenvalue weighted by atomic mass is 10.1. The van der Waals surface area contributed by atoms with Crippen molar-refractivity contribution in [1.29, 1.82) is 0 Å². The second-order valence-corrected chi connectivity index (χ2v) is 10.7.